The molecule has 8 N–H and O–H groups in total. The summed E-state index contributed by atoms with van der Waals surface area (Å²) in [6.45, 7) is 6.87. The molecule has 24 heteroatoms. The zero-order chi connectivity index (χ0) is 54.3. The van der Waals surface area contributed by atoms with Crippen molar-refractivity contribution >= 4 is 47.1 Å². The van der Waals surface area contributed by atoms with Gasteiger partial charge in [-0.2, -0.15) is 0 Å². The molecule has 0 radical (unpaired) electrons. The number of amides is 4. The molecule has 8 aromatic rings. The lowest BCUT2D eigenvalue weighted by atomic mass is 9.98. The molecule has 4 amide bonds. The van der Waals surface area contributed by atoms with Crippen molar-refractivity contribution in [1.29, 1.82) is 0 Å². The summed E-state index contributed by atoms with van der Waals surface area (Å²) >= 11 is 0. The lowest BCUT2D eigenvalue weighted by molar-refractivity contribution is 0.0685. The average molecular weight is 1040 g/mol. The molecular weight excluding hydrogens is 991 g/mol. The third-order valence-corrected chi connectivity index (χ3v) is 13.5. The van der Waals surface area contributed by atoms with E-state index in [0.29, 0.717) is 59.1 Å². The van der Waals surface area contributed by atoms with Gasteiger partial charge in [0.2, 0.25) is 0 Å². The Morgan fingerprint density at radius 1 is 0.579 bits per heavy atom. The van der Waals surface area contributed by atoms with Gasteiger partial charge < -0.3 is 31.5 Å². The number of aromatic amines is 2. The lowest BCUT2D eigenvalue weighted by Gasteiger charge is -2.16. The van der Waals surface area contributed by atoms with Crippen LogP contribution >= 0.6 is 0 Å². The van der Waals surface area contributed by atoms with Gasteiger partial charge in [0.1, 0.15) is 34.4 Å². The summed E-state index contributed by atoms with van der Waals surface area (Å²) in [5, 5.41) is 42.0. The van der Waals surface area contributed by atoms with E-state index in [1.807, 2.05) is 0 Å². The number of rotatable bonds is 12. The highest BCUT2D eigenvalue weighted by atomic mass is 19.1. The highest BCUT2D eigenvalue weighted by Gasteiger charge is 2.31. The smallest absolute Gasteiger partial charge is 0.349 e. The number of nitrogens with zero attached hydrogens (tertiary/aromatic N) is 6. The first-order valence-corrected chi connectivity index (χ1v) is 23.6. The van der Waals surface area contributed by atoms with E-state index < -0.39 is 53.0 Å². The molecule has 0 spiro atoms. The van der Waals surface area contributed by atoms with Crippen LogP contribution in [0.3, 0.4) is 0 Å². The second-order valence-electron chi connectivity index (χ2n) is 18.3. The van der Waals surface area contributed by atoms with Crippen molar-refractivity contribution in [2.24, 2.45) is 0 Å². The summed E-state index contributed by atoms with van der Waals surface area (Å²) in [5.41, 5.74) is 5.40. The number of carboxylic acids is 2. The molecule has 0 aliphatic heterocycles. The number of nitrogens with one attached hydrogen (secondary N) is 6. The Bertz CT molecular complexity index is 3880. The van der Waals surface area contributed by atoms with Gasteiger partial charge in [-0.15, -0.1) is 10.2 Å². The Hall–Kier alpha value is -9.74. The number of hydrogen-bond acceptors (Lipinski definition) is 12. The van der Waals surface area contributed by atoms with E-state index in [2.05, 4.69) is 51.6 Å². The highest BCUT2D eigenvalue weighted by molar-refractivity contribution is 5.99. The molecule has 4 aromatic carbocycles. The van der Waals surface area contributed by atoms with Crippen LogP contribution in [0.25, 0.3) is 11.6 Å². The van der Waals surface area contributed by atoms with Crippen LogP contribution < -0.4 is 32.6 Å². The van der Waals surface area contributed by atoms with Gasteiger partial charge in [-0.05, 0) is 145 Å². The molecule has 4 aromatic heterocycles. The molecule has 76 heavy (non-hydrogen) atoms. The predicted octanol–water partition coefficient (Wildman–Crippen LogP) is 4.44. The largest absolute Gasteiger partial charge is 0.478 e. The van der Waals surface area contributed by atoms with Crippen molar-refractivity contribution in [3.8, 4) is 0 Å². The lowest BCUT2D eigenvalue weighted by Crippen LogP contribution is -2.32. The highest BCUT2D eigenvalue weighted by Crippen LogP contribution is 2.36. The number of halogens is 2. The Balaban J connectivity index is 0.000000186. The number of carbonyl (C=O) groups is 6. The summed E-state index contributed by atoms with van der Waals surface area (Å²) in [5.74, 6) is -5.51. The molecule has 2 aliphatic carbocycles. The number of carboxylic acid groups (broad SMARTS) is 2. The minimum atomic E-state index is -1.02. The van der Waals surface area contributed by atoms with Crippen molar-refractivity contribution in [3.05, 3.63) is 195 Å². The fraction of sp³-hybridized carbons (Fsp3) is 0.231. The second kappa shape index (κ2) is 20.6. The van der Waals surface area contributed by atoms with Crippen molar-refractivity contribution in [1.82, 2.24) is 60.4 Å². The van der Waals surface area contributed by atoms with Gasteiger partial charge in [0, 0.05) is 13.1 Å². The molecule has 0 fully saturated rings. The first-order chi connectivity index (χ1) is 36.3. The Morgan fingerprint density at radius 2 is 1.00 bits per heavy atom. The van der Waals surface area contributed by atoms with Crippen LogP contribution in [0.4, 0.5) is 8.78 Å². The molecule has 0 unspecified atom stereocenters. The summed E-state index contributed by atoms with van der Waals surface area (Å²) in [6.07, 6.45) is 2.30. The minimum Gasteiger partial charge on any atom is -0.478 e. The van der Waals surface area contributed by atoms with Crippen molar-refractivity contribution < 1.29 is 47.8 Å². The number of H-pyrrole nitrogens is 2. The molecule has 0 bridgehead atoms. The zero-order valence-corrected chi connectivity index (χ0v) is 40.9. The van der Waals surface area contributed by atoms with Crippen LogP contribution in [-0.4, -0.2) is 84.9 Å². The van der Waals surface area contributed by atoms with E-state index in [0.717, 1.165) is 31.1 Å². The number of benzene rings is 4. The summed E-state index contributed by atoms with van der Waals surface area (Å²) in [6, 6.07) is 16.9. The Morgan fingerprint density at radius 3 is 1.45 bits per heavy atom. The fourth-order valence-electron chi connectivity index (χ4n) is 9.56. The molecule has 0 saturated heterocycles. The van der Waals surface area contributed by atoms with E-state index in [-0.39, 0.29) is 76.2 Å². The summed E-state index contributed by atoms with van der Waals surface area (Å²) in [7, 11) is 0. The second-order valence-corrected chi connectivity index (χ2v) is 18.3. The number of fused-ring (bicyclic) bond motifs is 4. The SMILES string of the molecule is Cc1cc(CNC(=O)c2cc(C(=O)N[C@H]3CCc4c3ccc(C(=O)O)c4C)n3c(=O)[nH]nc3n2)ccc1F.Cc1cc(CNC(=O)c2cc(C(=O)N[C@H]3CCc4c3ccc(C(=O)O)c4C)nc3n[nH]c(=O)n23)ccc1F. The molecule has 10 rings (SSSR count). The van der Waals surface area contributed by atoms with Crippen molar-refractivity contribution in [3.63, 3.8) is 0 Å². The quantitative estimate of drug-likeness (QED) is 0.0840. The normalized spacial score (nSPS) is 14.3. The van der Waals surface area contributed by atoms with E-state index in [1.54, 1.807) is 58.0 Å². The minimum absolute atomic E-state index is 0.0639. The maximum atomic E-state index is 13.6. The van der Waals surface area contributed by atoms with Gasteiger partial charge >= 0.3 is 23.3 Å². The third-order valence-electron chi connectivity index (χ3n) is 13.5. The van der Waals surface area contributed by atoms with E-state index >= 15 is 0 Å². The van der Waals surface area contributed by atoms with Crippen LogP contribution in [0.15, 0.2) is 82.4 Å². The van der Waals surface area contributed by atoms with Crippen LogP contribution in [0.5, 0.6) is 0 Å². The molecule has 388 valence electrons. The van der Waals surface area contributed by atoms with Gasteiger partial charge in [0.25, 0.3) is 35.2 Å². The molecule has 22 nitrogen and oxygen atoms in total. The monoisotopic (exact) mass is 1040 g/mol. The number of aromatic nitrogens is 8. The molecule has 4 heterocycles. The predicted molar refractivity (Wildman–Crippen MR) is 265 cm³/mol. The Kier molecular flexibility index (Phi) is 13.9. The van der Waals surface area contributed by atoms with Crippen LogP contribution in [-0.2, 0) is 25.9 Å². The Labute approximate surface area is 427 Å². The molecular formula is C52H46F2N12O10. The van der Waals surface area contributed by atoms with Gasteiger partial charge in [-0.3, -0.25) is 19.2 Å². The molecule has 2 aliphatic rings. The van der Waals surface area contributed by atoms with Gasteiger partial charge in [-0.1, -0.05) is 36.4 Å². The maximum Gasteiger partial charge on any atom is 0.349 e. The van der Waals surface area contributed by atoms with Crippen LogP contribution in [0.2, 0.25) is 0 Å². The first kappa shape index (κ1) is 51.2. The number of hydrogen-bond donors (Lipinski definition) is 8. The van der Waals surface area contributed by atoms with Gasteiger partial charge in [0.15, 0.2) is 0 Å². The molecule has 0 saturated carbocycles. The number of aryl methyl sites for hydroxylation is 2. The van der Waals surface area contributed by atoms with Gasteiger partial charge in [-0.25, -0.2) is 56.9 Å². The third kappa shape index (κ3) is 10.0. The van der Waals surface area contributed by atoms with E-state index in [9.17, 15) is 57.4 Å². The van der Waals surface area contributed by atoms with Crippen LogP contribution in [0.1, 0.15) is 143 Å². The van der Waals surface area contributed by atoms with Gasteiger partial charge in [0.05, 0.1) is 23.2 Å². The maximum absolute atomic E-state index is 13.6. The van der Waals surface area contributed by atoms with E-state index in [1.165, 1.54) is 42.5 Å². The van der Waals surface area contributed by atoms with Crippen molar-refractivity contribution in [2.75, 3.05) is 0 Å². The summed E-state index contributed by atoms with van der Waals surface area (Å²) < 4.78 is 29.0. The van der Waals surface area contributed by atoms with Crippen molar-refractivity contribution in [2.45, 2.75) is 78.6 Å². The van der Waals surface area contributed by atoms with Crippen LogP contribution in [0, 0.1) is 39.3 Å². The topological polar surface area (TPSA) is 317 Å². The number of aromatic carboxylic acids is 2. The standard InChI is InChI=1S/2C26H23FN6O5/c1-12-9-14(3-7-18(12)27)11-28-23(35)21-10-20(30-25-31-32-26(38)33(21)25)22(34)29-19-8-6-15-13(2)16(24(36)37)4-5-17(15)19;1-12-9-14(3-7-18(12)27)11-28-22(34)20-10-21(33-25(30-20)31-32-26(33)38)23(35)29-19-8-6-15-13(2)16(24(36)37)4-5-17(15)19/h3-5,7,9-10,19H,6,8,11H2,1-2H3,(H,28,35)(H,29,34)(H,32,38)(H,36,37);3-5,7,9-10,19H,6,8,11H2,1-2H3,(H,28,34)(H,29,35)(H,32,38)(H,36,37)/t2*19-/m00/s1. The molecule has 2 atom stereocenters. The summed E-state index contributed by atoms with van der Waals surface area (Å²) in [4.78, 5) is 108. The first-order valence-electron chi connectivity index (χ1n) is 23.6. The average Bonchev–Trinajstić information content (AvgIpc) is 4.21. The zero-order valence-electron chi connectivity index (χ0n) is 40.9. The number of carbonyl (C=O) groups excluding carboxylic acids is 4. The van der Waals surface area contributed by atoms with E-state index in [4.69, 9.17) is 0 Å². The fourth-order valence-corrected chi connectivity index (χ4v) is 9.56.